The normalized spacial score (nSPS) is 11.3. The van der Waals surface area contributed by atoms with E-state index in [4.69, 9.17) is 9.47 Å². The number of ether oxygens (including phenoxy) is 2. The fourth-order valence-corrected chi connectivity index (χ4v) is 1.38. The lowest BCUT2D eigenvalue weighted by Gasteiger charge is -2.12. The Labute approximate surface area is 106 Å². The van der Waals surface area contributed by atoms with Crippen LogP contribution in [-0.4, -0.2) is 24.4 Å². The Morgan fingerprint density at radius 2 is 1.78 bits per heavy atom. The molecule has 0 aliphatic rings. The minimum absolute atomic E-state index is 0.0818. The lowest BCUT2D eigenvalue weighted by atomic mass is 10.2. The third-order valence-electron chi connectivity index (χ3n) is 2.21. The van der Waals surface area contributed by atoms with Crippen molar-refractivity contribution in [2.24, 2.45) is 0 Å². The number of benzene rings is 1. The largest absolute Gasteiger partial charge is 0.349 e. The zero-order valence-electron chi connectivity index (χ0n) is 10.5. The third-order valence-corrected chi connectivity index (χ3v) is 2.21. The molecule has 0 spiro atoms. The molecule has 0 saturated carbocycles. The van der Waals surface area contributed by atoms with Crippen LogP contribution in [0.25, 0.3) is 6.08 Å². The van der Waals surface area contributed by atoms with E-state index in [0.717, 1.165) is 5.56 Å². The molecule has 1 aromatic rings. The number of rotatable bonds is 7. The smallest absolute Gasteiger partial charge is 0.269 e. The molecule has 0 atom stereocenters. The number of nitro groups is 1. The van der Waals surface area contributed by atoms with Crippen LogP contribution in [0.4, 0.5) is 5.69 Å². The molecule has 1 aromatic carbocycles. The second-order valence-corrected chi connectivity index (χ2v) is 3.49. The van der Waals surface area contributed by atoms with Gasteiger partial charge in [-0.25, -0.2) is 0 Å². The Morgan fingerprint density at radius 3 is 2.22 bits per heavy atom. The summed E-state index contributed by atoms with van der Waals surface area (Å²) in [5.41, 5.74) is 0.948. The number of nitro benzene ring substituents is 1. The van der Waals surface area contributed by atoms with Gasteiger partial charge in [0.1, 0.15) is 0 Å². The highest BCUT2D eigenvalue weighted by Gasteiger charge is 2.04. The molecule has 1 rings (SSSR count). The number of hydrogen-bond donors (Lipinski definition) is 0. The van der Waals surface area contributed by atoms with Gasteiger partial charge in [0.15, 0.2) is 6.29 Å². The minimum Gasteiger partial charge on any atom is -0.349 e. The summed E-state index contributed by atoms with van der Waals surface area (Å²) in [4.78, 5) is 10.1. The minimum atomic E-state index is -0.420. The van der Waals surface area contributed by atoms with E-state index in [1.807, 2.05) is 19.9 Å². The van der Waals surface area contributed by atoms with Gasteiger partial charge in [0.05, 0.1) is 4.92 Å². The van der Waals surface area contributed by atoms with Crippen LogP contribution >= 0.6 is 0 Å². The van der Waals surface area contributed by atoms with E-state index in [2.05, 4.69) is 0 Å². The molecule has 0 amide bonds. The fraction of sp³-hybridized carbons (Fsp3) is 0.385. The van der Waals surface area contributed by atoms with E-state index < -0.39 is 4.92 Å². The van der Waals surface area contributed by atoms with Gasteiger partial charge < -0.3 is 9.47 Å². The van der Waals surface area contributed by atoms with Gasteiger partial charge in [0.2, 0.25) is 0 Å². The summed E-state index contributed by atoms with van der Waals surface area (Å²) in [6, 6.07) is 6.30. The first kappa shape index (κ1) is 14.3. The van der Waals surface area contributed by atoms with Gasteiger partial charge in [-0.15, -0.1) is 0 Å². The van der Waals surface area contributed by atoms with Crippen molar-refractivity contribution in [3.8, 4) is 0 Å². The van der Waals surface area contributed by atoms with E-state index >= 15 is 0 Å². The highest BCUT2D eigenvalue weighted by atomic mass is 16.7. The molecule has 0 unspecified atom stereocenters. The van der Waals surface area contributed by atoms with Crippen LogP contribution in [0.3, 0.4) is 0 Å². The van der Waals surface area contributed by atoms with Crippen molar-refractivity contribution in [1.29, 1.82) is 0 Å². The second-order valence-electron chi connectivity index (χ2n) is 3.49. The first-order valence-electron chi connectivity index (χ1n) is 5.83. The summed E-state index contributed by atoms with van der Waals surface area (Å²) in [7, 11) is 0. The number of nitrogens with zero attached hydrogens (tertiary/aromatic N) is 1. The number of hydrogen-bond acceptors (Lipinski definition) is 4. The van der Waals surface area contributed by atoms with Gasteiger partial charge in [0, 0.05) is 25.3 Å². The van der Waals surface area contributed by atoms with E-state index in [1.165, 1.54) is 12.1 Å². The summed E-state index contributed by atoms with van der Waals surface area (Å²) < 4.78 is 10.7. The molecule has 0 heterocycles. The molecule has 18 heavy (non-hydrogen) atoms. The maximum absolute atomic E-state index is 10.5. The highest BCUT2D eigenvalue weighted by molar-refractivity contribution is 5.51. The van der Waals surface area contributed by atoms with Crippen LogP contribution in [0.5, 0.6) is 0 Å². The molecule has 5 nitrogen and oxygen atoms in total. The van der Waals surface area contributed by atoms with E-state index in [-0.39, 0.29) is 12.0 Å². The quantitative estimate of drug-likeness (QED) is 0.424. The van der Waals surface area contributed by atoms with Crippen molar-refractivity contribution >= 4 is 11.8 Å². The first-order valence-corrected chi connectivity index (χ1v) is 5.83. The van der Waals surface area contributed by atoms with E-state index in [1.54, 1.807) is 18.2 Å². The topological polar surface area (TPSA) is 61.6 Å². The maximum atomic E-state index is 10.5. The van der Waals surface area contributed by atoms with Gasteiger partial charge in [-0.05, 0) is 37.6 Å². The lowest BCUT2D eigenvalue weighted by Crippen LogP contribution is -2.13. The zero-order valence-corrected chi connectivity index (χ0v) is 10.5. The highest BCUT2D eigenvalue weighted by Crippen LogP contribution is 2.13. The van der Waals surface area contributed by atoms with Crippen molar-refractivity contribution in [3.05, 3.63) is 46.0 Å². The second kappa shape index (κ2) is 7.58. The SMILES string of the molecule is CCOC(/C=C/c1ccc([N+](=O)[O-])cc1)OCC. The van der Waals surface area contributed by atoms with Crippen molar-refractivity contribution in [3.63, 3.8) is 0 Å². The maximum Gasteiger partial charge on any atom is 0.269 e. The summed E-state index contributed by atoms with van der Waals surface area (Å²) in [5.74, 6) is 0. The summed E-state index contributed by atoms with van der Waals surface area (Å²) in [6.07, 6.45) is 3.23. The van der Waals surface area contributed by atoms with Crippen LogP contribution < -0.4 is 0 Å². The van der Waals surface area contributed by atoms with E-state index in [9.17, 15) is 10.1 Å². The van der Waals surface area contributed by atoms with Crippen molar-refractivity contribution in [2.45, 2.75) is 20.1 Å². The van der Waals surface area contributed by atoms with Crippen LogP contribution in [0.15, 0.2) is 30.3 Å². The fourth-order valence-electron chi connectivity index (χ4n) is 1.38. The Bertz CT molecular complexity index is 394. The molecule has 0 aliphatic heterocycles. The van der Waals surface area contributed by atoms with Crippen LogP contribution in [-0.2, 0) is 9.47 Å². The predicted octanol–water partition coefficient (Wildman–Crippen LogP) is 3.01. The predicted molar refractivity (Wildman–Crippen MR) is 69.2 cm³/mol. The molecule has 0 saturated heterocycles. The van der Waals surface area contributed by atoms with Crippen LogP contribution in [0.2, 0.25) is 0 Å². The molecule has 5 heteroatoms. The van der Waals surface area contributed by atoms with Gasteiger partial charge in [0.25, 0.3) is 5.69 Å². The van der Waals surface area contributed by atoms with Crippen molar-refractivity contribution in [1.82, 2.24) is 0 Å². The van der Waals surface area contributed by atoms with Gasteiger partial charge in [-0.2, -0.15) is 0 Å². The summed E-state index contributed by atoms with van der Waals surface area (Å²) in [5, 5.41) is 10.5. The van der Waals surface area contributed by atoms with Gasteiger partial charge >= 0.3 is 0 Å². The molecule has 0 N–H and O–H groups in total. The van der Waals surface area contributed by atoms with Crippen molar-refractivity contribution < 1.29 is 14.4 Å². The molecular weight excluding hydrogens is 234 g/mol. The Hall–Kier alpha value is -1.72. The molecule has 0 fully saturated rings. The molecule has 0 radical (unpaired) electrons. The standard InChI is InChI=1S/C13H17NO4/c1-3-17-13(18-4-2)10-7-11-5-8-12(9-6-11)14(15)16/h5-10,13H,3-4H2,1-2H3/b10-7+. The molecule has 0 bridgehead atoms. The average molecular weight is 251 g/mol. The zero-order chi connectivity index (χ0) is 13.4. The molecule has 98 valence electrons. The average Bonchev–Trinajstić information content (AvgIpc) is 2.37. The Morgan fingerprint density at radius 1 is 1.22 bits per heavy atom. The van der Waals surface area contributed by atoms with Crippen LogP contribution in [0, 0.1) is 10.1 Å². The van der Waals surface area contributed by atoms with Crippen LogP contribution in [0.1, 0.15) is 19.4 Å². The lowest BCUT2D eigenvalue weighted by molar-refractivity contribution is -0.384. The Kier molecular flexibility index (Phi) is 6.04. The Balaban J connectivity index is 2.67. The third kappa shape index (κ3) is 4.65. The van der Waals surface area contributed by atoms with Gasteiger partial charge in [-0.1, -0.05) is 6.08 Å². The molecule has 0 aliphatic carbocycles. The van der Waals surface area contributed by atoms with E-state index in [0.29, 0.717) is 13.2 Å². The summed E-state index contributed by atoms with van der Waals surface area (Å²) in [6.45, 7) is 4.92. The monoisotopic (exact) mass is 251 g/mol. The number of non-ortho nitro benzene ring substituents is 1. The molecular formula is C13H17NO4. The molecule has 0 aromatic heterocycles. The van der Waals surface area contributed by atoms with Gasteiger partial charge in [-0.3, -0.25) is 10.1 Å². The van der Waals surface area contributed by atoms with Crippen molar-refractivity contribution in [2.75, 3.05) is 13.2 Å². The summed E-state index contributed by atoms with van der Waals surface area (Å²) >= 11 is 0. The first-order chi connectivity index (χ1) is 8.67.